The number of hydrogen-bond acceptors (Lipinski definition) is 2. The van der Waals surface area contributed by atoms with Crippen molar-refractivity contribution in [3.8, 4) is 0 Å². The Labute approximate surface area is 120 Å². The molecule has 0 spiro atoms. The number of nitrogens with one attached hydrogen (secondary N) is 1. The highest BCUT2D eigenvalue weighted by molar-refractivity contribution is 4.89. The molecule has 0 atom stereocenters. The molecule has 0 aromatic heterocycles. The van der Waals surface area contributed by atoms with Gasteiger partial charge in [-0.25, -0.2) is 0 Å². The van der Waals surface area contributed by atoms with Crippen molar-refractivity contribution in [2.24, 2.45) is 11.3 Å². The molecule has 0 aromatic carbocycles. The zero-order valence-electron chi connectivity index (χ0n) is 13.4. The Kier molecular flexibility index (Phi) is 5.70. The summed E-state index contributed by atoms with van der Waals surface area (Å²) in [6.45, 7) is 12.3. The maximum Gasteiger partial charge on any atom is 0.00684 e. The molecule has 0 saturated heterocycles. The van der Waals surface area contributed by atoms with Crippen molar-refractivity contribution in [2.45, 2.75) is 71.8 Å². The van der Waals surface area contributed by atoms with Crippen molar-refractivity contribution < 1.29 is 0 Å². The molecular formula is C17H34N2. The van der Waals surface area contributed by atoms with Crippen LogP contribution < -0.4 is 5.32 Å². The summed E-state index contributed by atoms with van der Waals surface area (Å²) in [6.07, 6.45) is 9.70. The molecule has 2 aliphatic rings. The predicted octanol–water partition coefficient (Wildman–Crippen LogP) is 3.67. The summed E-state index contributed by atoms with van der Waals surface area (Å²) in [7, 11) is 0. The molecule has 2 saturated carbocycles. The van der Waals surface area contributed by atoms with E-state index in [0.29, 0.717) is 5.41 Å². The summed E-state index contributed by atoms with van der Waals surface area (Å²) in [4.78, 5) is 2.76. The molecule has 1 N–H and O–H groups in total. The van der Waals surface area contributed by atoms with Gasteiger partial charge in [-0.15, -0.1) is 0 Å². The first-order valence-corrected chi connectivity index (χ1v) is 8.67. The Bertz CT molecular complexity index is 252. The van der Waals surface area contributed by atoms with Gasteiger partial charge >= 0.3 is 0 Å². The fourth-order valence-electron chi connectivity index (χ4n) is 3.12. The van der Waals surface area contributed by atoms with E-state index < -0.39 is 0 Å². The van der Waals surface area contributed by atoms with E-state index in [9.17, 15) is 0 Å². The Hall–Kier alpha value is -0.0800. The summed E-state index contributed by atoms with van der Waals surface area (Å²) in [5.41, 5.74) is 0.507. The smallest absolute Gasteiger partial charge is 0.00684 e. The Morgan fingerprint density at radius 2 is 1.74 bits per heavy atom. The summed E-state index contributed by atoms with van der Waals surface area (Å²) in [5, 5.41) is 3.79. The SMILES string of the molecule is CCCN(CC1CC1)CC(CC)(CC)CNC1CC1. The molecule has 0 heterocycles. The van der Waals surface area contributed by atoms with Crippen LogP contribution in [0.4, 0.5) is 0 Å². The third-order valence-corrected chi connectivity index (χ3v) is 5.16. The molecule has 0 unspecified atom stereocenters. The van der Waals surface area contributed by atoms with Crippen molar-refractivity contribution in [3.63, 3.8) is 0 Å². The monoisotopic (exact) mass is 266 g/mol. The maximum atomic E-state index is 3.79. The van der Waals surface area contributed by atoms with Gasteiger partial charge < -0.3 is 10.2 Å². The summed E-state index contributed by atoms with van der Waals surface area (Å²) < 4.78 is 0. The van der Waals surface area contributed by atoms with E-state index in [-0.39, 0.29) is 0 Å². The topological polar surface area (TPSA) is 15.3 Å². The lowest BCUT2D eigenvalue weighted by atomic mass is 9.81. The normalized spacial score (nSPS) is 20.2. The van der Waals surface area contributed by atoms with Crippen LogP contribution >= 0.6 is 0 Å². The summed E-state index contributed by atoms with van der Waals surface area (Å²) in [6, 6.07) is 0.848. The lowest BCUT2D eigenvalue weighted by Crippen LogP contribution is -2.45. The summed E-state index contributed by atoms with van der Waals surface area (Å²) in [5.74, 6) is 1.02. The van der Waals surface area contributed by atoms with Crippen LogP contribution in [-0.4, -0.2) is 37.1 Å². The van der Waals surface area contributed by atoms with Crippen LogP contribution in [0.15, 0.2) is 0 Å². The number of hydrogen-bond donors (Lipinski definition) is 1. The Morgan fingerprint density at radius 1 is 1.05 bits per heavy atom. The van der Waals surface area contributed by atoms with Gasteiger partial charge in [-0.1, -0.05) is 20.8 Å². The minimum atomic E-state index is 0.507. The van der Waals surface area contributed by atoms with E-state index in [4.69, 9.17) is 0 Å². The molecule has 112 valence electrons. The zero-order valence-corrected chi connectivity index (χ0v) is 13.4. The van der Waals surface area contributed by atoms with Gasteiger partial charge in [0.15, 0.2) is 0 Å². The zero-order chi connectivity index (χ0) is 13.7. The van der Waals surface area contributed by atoms with E-state index in [1.165, 1.54) is 71.1 Å². The van der Waals surface area contributed by atoms with E-state index >= 15 is 0 Å². The van der Waals surface area contributed by atoms with E-state index in [2.05, 4.69) is 31.0 Å². The molecule has 2 fully saturated rings. The van der Waals surface area contributed by atoms with Crippen LogP contribution in [-0.2, 0) is 0 Å². The van der Waals surface area contributed by atoms with E-state index in [1.54, 1.807) is 0 Å². The van der Waals surface area contributed by atoms with Gasteiger partial charge in [0.1, 0.15) is 0 Å². The Balaban J connectivity index is 1.86. The quantitative estimate of drug-likeness (QED) is 0.614. The third-order valence-electron chi connectivity index (χ3n) is 5.16. The molecule has 19 heavy (non-hydrogen) atoms. The van der Waals surface area contributed by atoms with Crippen LogP contribution in [0.3, 0.4) is 0 Å². The van der Waals surface area contributed by atoms with Crippen LogP contribution in [0.25, 0.3) is 0 Å². The lowest BCUT2D eigenvalue weighted by Gasteiger charge is -2.38. The van der Waals surface area contributed by atoms with Gasteiger partial charge in [-0.05, 0) is 62.8 Å². The molecule has 2 rings (SSSR count). The molecule has 0 amide bonds. The average Bonchev–Trinajstić information content (AvgIpc) is 3.28. The second-order valence-corrected chi connectivity index (χ2v) is 7.04. The van der Waals surface area contributed by atoms with Crippen LogP contribution in [0, 0.1) is 11.3 Å². The first-order chi connectivity index (χ1) is 9.21. The first-order valence-electron chi connectivity index (χ1n) is 8.67. The highest BCUT2D eigenvalue weighted by Gasteiger charge is 2.33. The molecule has 2 aliphatic carbocycles. The van der Waals surface area contributed by atoms with Gasteiger partial charge in [0.05, 0.1) is 0 Å². The molecule has 0 radical (unpaired) electrons. The van der Waals surface area contributed by atoms with Gasteiger partial charge in [0.25, 0.3) is 0 Å². The standard InChI is InChI=1S/C17H34N2/c1-4-11-19(12-15-7-8-15)14-17(5-2,6-3)13-18-16-9-10-16/h15-16,18H,4-14H2,1-3H3. The third kappa shape index (κ3) is 5.07. The van der Waals surface area contributed by atoms with Gasteiger partial charge in [-0.3, -0.25) is 0 Å². The fourth-order valence-corrected chi connectivity index (χ4v) is 3.12. The maximum absolute atomic E-state index is 3.79. The number of nitrogens with zero attached hydrogens (tertiary/aromatic N) is 1. The Morgan fingerprint density at radius 3 is 2.21 bits per heavy atom. The first kappa shape index (κ1) is 15.3. The van der Waals surface area contributed by atoms with Crippen molar-refractivity contribution in [1.82, 2.24) is 10.2 Å². The van der Waals surface area contributed by atoms with Crippen molar-refractivity contribution in [2.75, 3.05) is 26.2 Å². The minimum Gasteiger partial charge on any atom is -0.313 e. The van der Waals surface area contributed by atoms with Crippen LogP contribution in [0.5, 0.6) is 0 Å². The minimum absolute atomic E-state index is 0.507. The van der Waals surface area contributed by atoms with Crippen molar-refractivity contribution in [3.05, 3.63) is 0 Å². The van der Waals surface area contributed by atoms with E-state index in [0.717, 1.165) is 12.0 Å². The fraction of sp³-hybridized carbons (Fsp3) is 1.00. The van der Waals surface area contributed by atoms with E-state index in [1.807, 2.05) is 0 Å². The molecular weight excluding hydrogens is 232 g/mol. The molecule has 0 aliphatic heterocycles. The summed E-state index contributed by atoms with van der Waals surface area (Å²) >= 11 is 0. The highest BCUT2D eigenvalue weighted by atomic mass is 15.1. The molecule has 2 nitrogen and oxygen atoms in total. The average molecular weight is 266 g/mol. The van der Waals surface area contributed by atoms with Crippen LogP contribution in [0.1, 0.15) is 65.7 Å². The van der Waals surface area contributed by atoms with Gasteiger partial charge in [0.2, 0.25) is 0 Å². The number of rotatable bonds is 11. The lowest BCUT2D eigenvalue weighted by molar-refractivity contribution is 0.129. The van der Waals surface area contributed by atoms with Gasteiger partial charge in [0, 0.05) is 25.7 Å². The van der Waals surface area contributed by atoms with Crippen molar-refractivity contribution in [1.29, 1.82) is 0 Å². The van der Waals surface area contributed by atoms with Crippen molar-refractivity contribution >= 4 is 0 Å². The predicted molar refractivity (Wildman–Crippen MR) is 83.5 cm³/mol. The van der Waals surface area contributed by atoms with Gasteiger partial charge in [-0.2, -0.15) is 0 Å². The molecule has 2 heteroatoms. The highest BCUT2D eigenvalue weighted by Crippen LogP contribution is 2.33. The second kappa shape index (κ2) is 7.08. The van der Waals surface area contributed by atoms with Crippen LogP contribution in [0.2, 0.25) is 0 Å². The molecule has 0 aromatic rings. The second-order valence-electron chi connectivity index (χ2n) is 7.04. The molecule has 0 bridgehead atoms. The largest absolute Gasteiger partial charge is 0.313 e.